The summed E-state index contributed by atoms with van der Waals surface area (Å²) in [5.41, 5.74) is 6.98. The van der Waals surface area contributed by atoms with Gasteiger partial charge in [-0.1, -0.05) is 73.3 Å². The minimum Gasteiger partial charge on any atom is -0.395 e. The number of benzene rings is 5. The molecule has 1 aliphatic heterocycles. The first-order chi connectivity index (χ1) is 29.9. The second-order valence-corrected chi connectivity index (χ2v) is 18.3. The van der Waals surface area contributed by atoms with Crippen molar-refractivity contribution in [2.24, 2.45) is 11.8 Å². The number of halogens is 5. The van der Waals surface area contributed by atoms with Gasteiger partial charge in [0.15, 0.2) is 0 Å². The van der Waals surface area contributed by atoms with Crippen LogP contribution in [0.1, 0.15) is 41.3 Å². The Labute approximate surface area is 373 Å². The summed E-state index contributed by atoms with van der Waals surface area (Å²) in [5, 5.41) is 9.39. The van der Waals surface area contributed by atoms with Gasteiger partial charge in [0.2, 0.25) is 0 Å². The molecule has 2 atom stereocenters. The van der Waals surface area contributed by atoms with E-state index < -0.39 is 17.5 Å². The number of aliphatic hydroxyl groups excluding tert-OH is 1. The van der Waals surface area contributed by atoms with Crippen LogP contribution in [0.2, 0.25) is 0 Å². The molecular formula is C47H51F5N4O3S3. The molecule has 62 heavy (non-hydrogen) atoms. The van der Waals surface area contributed by atoms with E-state index in [0.29, 0.717) is 52.7 Å². The van der Waals surface area contributed by atoms with Crippen LogP contribution in [-0.4, -0.2) is 73.4 Å². The van der Waals surface area contributed by atoms with E-state index in [4.69, 9.17) is 4.84 Å². The van der Waals surface area contributed by atoms with Gasteiger partial charge in [-0.2, -0.15) is 22.0 Å². The second kappa shape index (κ2) is 22.9. The Morgan fingerprint density at radius 1 is 0.903 bits per heavy atom. The standard InChI is InChI=1S/C47H51F5N4O3S3/c1-32(30-55(2)26-27-57)43(31-60-39-9-4-3-5-10-39)59-53-42-21-20-40(29-44(42)61-46(48)49)62-54-45(58)35-14-18-38(19-15-35)56-24-22-33(23-25-56)28-36-8-6-7-11-41(36)34-12-16-37(17-13-34)47(50,51)52/h3-21,29,32-33,43,46,53,57H,22-28,30-31H2,1-2H3,(H,54,58). The number of hydrogen-bond acceptors (Lipinski definition) is 9. The summed E-state index contributed by atoms with van der Waals surface area (Å²) in [7, 11) is 1.93. The molecule has 0 bridgehead atoms. The predicted octanol–water partition coefficient (Wildman–Crippen LogP) is 11.6. The lowest BCUT2D eigenvalue weighted by atomic mass is 9.86. The normalized spacial score (nSPS) is 14.6. The number of piperidine rings is 1. The van der Waals surface area contributed by atoms with Crippen molar-refractivity contribution in [1.29, 1.82) is 0 Å². The molecule has 5 aromatic carbocycles. The van der Waals surface area contributed by atoms with Crippen molar-refractivity contribution >= 4 is 52.8 Å². The maximum absolute atomic E-state index is 13.8. The first-order valence-electron chi connectivity index (χ1n) is 20.4. The van der Waals surface area contributed by atoms with E-state index in [1.165, 1.54) is 0 Å². The molecule has 3 N–H and O–H groups in total. The lowest BCUT2D eigenvalue weighted by Gasteiger charge is -2.34. The summed E-state index contributed by atoms with van der Waals surface area (Å²) in [6.45, 7) is 4.94. The summed E-state index contributed by atoms with van der Waals surface area (Å²) in [6.07, 6.45) is -1.95. The van der Waals surface area contributed by atoms with Crippen LogP contribution in [0.25, 0.3) is 11.1 Å². The van der Waals surface area contributed by atoms with Gasteiger partial charge in [0.05, 0.1) is 24.0 Å². The number of anilines is 2. The van der Waals surface area contributed by atoms with E-state index in [1.54, 1.807) is 54.2 Å². The highest BCUT2D eigenvalue weighted by Gasteiger charge is 2.30. The lowest BCUT2D eigenvalue weighted by molar-refractivity contribution is -0.137. The Hall–Kier alpha value is -4.25. The molecule has 1 fully saturated rings. The van der Waals surface area contributed by atoms with Crippen molar-refractivity contribution in [1.82, 2.24) is 9.62 Å². The smallest absolute Gasteiger partial charge is 0.395 e. The highest BCUT2D eigenvalue weighted by molar-refractivity contribution is 8.00. The van der Waals surface area contributed by atoms with E-state index in [1.807, 2.05) is 72.6 Å². The number of rotatable bonds is 20. The zero-order valence-corrected chi connectivity index (χ0v) is 36.9. The monoisotopic (exact) mass is 910 g/mol. The number of aliphatic hydroxyl groups is 1. The van der Waals surface area contributed by atoms with Gasteiger partial charge in [-0.05, 0) is 134 Å². The molecule has 330 valence electrons. The van der Waals surface area contributed by atoms with Gasteiger partial charge in [0.25, 0.3) is 11.7 Å². The third-order valence-electron chi connectivity index (χ3n) is 10.8. The molecule has 7 nitrogen and oxygen atoms in total. The summed E-state index contributed by atoms with van der Waals surface area (Å²) >= 11 is 3.08. The molecule has 0 saturated carbocycles. The number of nitrogens with one attached hydrogen (secondary N) is 2. The number of alkyl halides is 5. The van der Waals surface area contributed by atoms with Gasteiger partial charge in [0.1, 0.15) is 0 Å². The first kappa shape index (κ1) is 47.2. The maximum Gasteiger partial charge on any atom is 0.416 e. The van der Waals surface area contributed by atoms with Crippen LogP contribution in [0.15, 0.2) is 136 Å². The predicted molar refractivity (Wildman–Crippen MR) is 243 cm³/mol. The van der Waals surface area contributed by atoms with E-state index in [9.17, 15) is 31.9 Å². The number of amides is 1. The second-order valence-electron chi connectivity index (χ2n) is 15.3. The fourth-order valence-electron chi connectivity index (χ4n) is 7.38. The Bertz CT molecular complexity index is 2160. The van der Waals surface area contributed by atoms with E-state index in [-0.39, 0.29) is 29.4 Å². The average molecular weight is 911 g/mol. The van der Waals surface area contributed by atoms with E-state index in [0.717, 1.165) is 83.7 Å². The van der Waals surface area contributed by atoms with Crippen LogP contribution in [-0.2, 0) is 17.4 Å². The number of thioether (sulfide) groups is 2. The molecule has 0 aliphatic carbocycles. The van der Waals surface area contributed by atoms with Gasteiger partial charge in [-0.25, -0.2) is 0 Å². The third kappa shape index (κ3) is 13.9. The van der Waals surface area contributed by atoms with E-state index >= 15 is 0 Å². The van der Waals surface area contributed by atoms with Gasteiger partial charge < -0.3 is 14.9 Å². The molecular weight excluding hydrogens is 860 g/mol. The summed E-state index contributed by atoms with van der Waals surface area (Å²) < 4.78 is 69.8. The topological polar surface area (TPSA) is 77.1 Å². The van der Waals surface area contributed by atoms with Gasteiger partial charge in [-0.15, -0.1) is 11.8 Å². The van der Waals surface area contributed by atoms with Crippen molar-refractivity contribution in [3.8, 4) is 11.1 Å². The van der Waals surface area contributed by atoms with Crippen LogP contribution < -0.4 is 15.1 Å². The fraction of sp³-hybridized carbons (Fsp3) is 0.340. The molecule has 0 aromatic heterocycles. The maximum atomic E-state index is 13.8. The van der Waals surface area contributed by atoms with Crippen LogP contribution in [0.3, 0.4) is 0 Å². The minimum atomic E-state index is -4.37. The highest BCUT2D eigenvalue weighted by Crippen LogP contribution is 2.37. The van der Waals surface area contributed by atoms with Crippen molar-refractivity contribution in [2.45, 2.75) is 58.9 Å². The van der Waals surface area contributed by atoms with Crippen LogP contribution >= 0.6 is 35.5 Å². The molecule has 0 radical (unpaired) electrons. The van der Waals surface area contributed by atoms with Crippen molar-refractivity contribution in [2.75, 3.05) is 56.0 Å². The largest absolute Gasteiger partial charge is 0.416 e. The molecule has 1 saturated heterocycles. The molecule has 5 aromatic rings. The molecule has 6 rings (SSSR count). The number of carbonyl (C=O) groups excluding carboxylic acids is 1. The Balaban J connectivity index is 1.01. The molecule has 1 aliphatic rings. The Morgan fingerprint density at radius 3 is 2.27 bits per heavy atom. The summed E-state index contributed by atoms with van der Waals surface area (Å²) in [4.78, 5) is 25.6. The molecule has 15 heteroatoms. The third-order valence-corrected chi connectivity index (χ3v) is 13.4. The van der Waals surface area contributed by atoms with Crippen LogP contribution in [0.5, 0.6) is 0 Å². The SMILES string of the molecule is CC(CN(C)CCO)C(CSc1ccccc1)ONc1ccc(SNC(=O)c2ccc(N3CCC(Cc4ccccc4-c4ccc(C(F)(F)F)cc4)CC3)cc2)cc1SC(F)F. The Kier molecular flexibility index (Phi) is 17.5. The quantitative estimate of drug-likeness (QED) is 0.0306. The zero-order valence-electron chi connectivity index (χ0n) is 34.5. The molecule has 1 heterocycles. The van der Waals surface area contributed by atoms with Crippen LogP contribution in [0, 0.1) is 11.8 Å². The molecule has 1 amide bonds. The zero-order chi connectivity index (χ0) is 44.1. The molecule has 0 spiro atoms. The summed E-state index contributed by atoms with van der Waals surface area (Å²) in [6, 6.07) is 35.6. The lowest BCUT2D eigenvalue weighted by Crippen LogP contribution is -2.36. The van der Waals surface area contributed by atoms with Gasteiger partial charge in [0, 0.05) is 57.9 Å². The number of nitrogens with zero attached hydrogens (tertiary/aromatic N) is 2. The van der Waals surface area contributed by atoms with Crippen LogP contribution in [0.4, 0.5) is 33.3 Å². The average Bonchev–Trinajstić information content (AvgIpc) is 3.26. The van der Waals surface area contributed by atoms with Gasteiger partial charge in [-0.3, -0.25) is 19.8 Å². The van der Waals surface area contributed by atoms with Crippen molar-refractivity contribution < 1.29 is 36.7 Å². The van der Waals surface area contributed by atoms with Gasteiger partial charge >= 0.3 is 6.18 Å². The van der Waals surface area contributed by atoms with Crippen molar-refractivity contribution in [3.63, 3.8) is 0 Å². The van der Waals surface area contributed by atoms with Crippen molar-refractivity contribution in [3.05, 3.63) is 138 Å². The summed E-state index contributed by atoms with van der Waals surface area (Å²) in [5.74, 6) is -1.93. The number of hydrogen-bond donors (Lipinski definition) is 3. The minimum absolute atomic E-state index is 0.0407. The number of carbonyl (C=O) groups is 1. The molecule has 2 unspecified atom stereocenters. The Morgan fingerprint density at radius 2 is 1.60 bits per heavy atom. The fourth-order valence-corrected chi connectivity index (χ4v) is 9.82. The highest BCUT2D eigenvalue weighted by atomic mass is 32.2. The van der Waals surface area contributed by atoms with E-state index in [2.05, 4.69) is 28.1 Å². The first-order valence-corrected chi connectivity index (χ1v) is 23.1. The number of likely N-dealkylation sites (N-methyl/N-ethyl adjacent to an activating group) is 1.